The van der Waals surface area contributed by atoms with Gasteiger partial charge in [-0.15, -0.1) is 0 Å². The summed E-state index contributed by atoms with van der Waals surface area (Å²) in [6.45, 7) is -1.25. The van der Waals surface area contributed by atoms with Crippen molar-refractivity contribution in [3.63, 3.8) is 0 Å². The fraction of sp³-hybridized carbons (Fsp3) is 1.00. The van der Waals surface area contributed by atoms with Crippen molar-refractivity contribution in [3.8, 4) is 0 Å². The summed E-state index contributed by atoms with van der Waals surface area (Å²) in [7, 11) is 0. The zero-order chi connectivity index (χ0) is 10.9. The van der Waals surface area contributed by atoms with E-state index in [4.69, 9.17) is 0 Å². The third-order valence-corrected chi connectivity index (χ3v) is 3.31. The summed E-state index contributed by atoms with van der Waals surface area (Å²) < 4.78 is 36.3. The number of hydrogen-bond acceptors (Lipinski definition) is 2. The lowest BCUT2D eigenvalue weighted by atomic mass is 9.88. The molecule has 0 bridgehead atoms. The Balaban J connectivity index is 1.68. The van der Waals surface area contributed by atoms with Crippen LogP contribution in [0.3, 0.4) is 0 Å². The van der Waals surface area contributed by atoms with Crippen molar-refractivity contribution in [3.05, 3.63) is 0 Å². The summed E-state index contributed by atoms with van der Waals surface area (Å²) in [4.78, 5) is 3.86. The quantitative estimate of drug-likeness (QED) is 0.667. The first-order chi connectivity index (χ1) is 7.04. The lowest BCUT2D eigenvalue weighted by molar-refractivity contribution is 0.0295. The highest BCUT2D eigenvalue weighted by atomic mass is 19.4. The third kappa shape index (κ3) is 3.11. The fourth-order valence-corrected chi connectivity index (χ4v) is 2.50. The molecule has 0 radical (unpaired) electrons. The molecule has 2 aliphatic heterocycles. The number of rotatable bonds is 3. The van der Waals surface area contributed by atoms with Gasteiger partial charge in [0.25, 0.3) is 0 Å². The predicted octanol–water partition coefficient (Wildman–Crippen LogP) is 1.54. The molecule has 2 heterocycles. The summed E-state index contributed by atoms with van der Waals surface area (Å²) in [6.07, 6.45) is 3.02. The van der Waals surface area contributed by atoms with Crippen LogP contribution in [0.5, 0.6) is 0 Å². The Morgan fingerprint density at radius 2 is 1.60 bits per heavy atom. The highest BCUT2D eigenvalue weighted by molar-refractivity contribution is 6.58. The van der Waals surface area contributed by atoms with Crippen LogP contribution in [0.4, 0.5) is 12.9 Å². The van der Waals surface area contributed by atoms with Gasteiger partial charge in [0.1, 0.15) is 0 Å². The lowest BCUT2D eigenvalue weighted by Crippen LogP contribution is -2.62. The Morgan fingerprint density at radius 1 is 1.00 bits per heavy atom. The molecule has 0 aromatic rings. The molecule has 2 rings (SSSR count). The van der Waals surface area contributed by atoms with E-state index < -0.39 is 13.4 Å². The zero-order valence-electron chi connectivity index (χ0n) is 8.84. The predicted molar refractivity (Wildman–Crippen MR) is 54.7 cm³/mol. The molecule has 2 aliphatic rings. The molecule has 2 saturated heterocycles. The van der Waals surface area contributed by atoms with Gasteiger partial charge in [0.05, 0.1) is 0 Å². The normalized spacial score (nSPS) is 26.6. The van der Waals surface area contributed by atoms with Crippen LogP contribution >= 0.6 is 0 Å². The monoisotopic (exact) mass is 221 g/mol. The van der Waals surface area contributed by atoms with E-state index in [1.807, 2.05) is 0 Å². The van der Waals surface area contributed by atoms with Crippen LogP contribution in [-0.2, 0) is 0 Å². The van der Waals surface area contributed by atoms with Crippen molar-refractivity contribution in [2.24, 2.45) is 0 Å². The fourth-order valence-electron chi connectivity index (χ4n) is 2.50. The average Bonchev–Trinajstić information content (AvgIpc) is 2.11. The number of hydrogen-bond donors (Lipinski definition) is 0. The summed E-state index contributed by atoms with van der Waals surface area (Å²) in [5.41, 5.74) is 0. The molecule has 0 aromatic heterocycles. The Hall–Kier alpha value is -0.225. The van der Waals surface area contributed by atoms with Crippen LogP contribution in [0.25, 0.3) is 0 Å². The van der Waals surface area contributed by atoms with E-state index in [-0.39, 0.29) is 0 Å². The molecule has 0 unspecified atom stereocenters. The van der Waals surface area contributed by atoms with Gasteiger partial charge in [0.2, 0.25) is 0 Å². The Labute approximate surface area is 88.5 Å². The van der Waals surface area contributed by atoms with Crippen LogP contribution in [0.1, 0.15) is 19.3 Å². The summed E-state index contributed by atoms with van der Waals surface area (Å²) in [5, 5.41) is 0. The second-order valence-electron chi connectivity index (χ2n) is 4.68. The molecule has 0 spiro atoms. The van der Waals surface area contributed by atoms with Crippen molar-refractivity contribution in [1.29, 1.82) is 0 Å². The number of likely N-dealkylation sites (tertiary alicyclic amines) is 2. The topological polar surface area (TPSA) is 6.48 Å². The highest BCUT2D eigenvalue weighted by Crippen LogP contribution is 2.22. The molecule has 6 heteroatoms. The largest absolute Gasteiger partial charge is 0.492 e. The maximum absolute atomic E-state index is 12.1. The van der Waals surface area contributed by atoms with Gasteiger partial charge in [0, 0.05) is 19.1 Å². The number of piperidine rings is 1. The van der Waals surface area contributed by atoms with Crippen LogP contribution < -0.4 is 0 Å². The maximum atomic E-state index is 12.1. The van der Waals surface area contributed by atoms with Crippen LogP contribution in [0, 0.1) is 0 Å². The minimum Gasteiger partial charge on any atom is -0.448 e. The minimum absolute atomic E-state index is 0.392. The first-order valence-corrected chi connectivity index (χ1v) is 5.72. The van der Waals surface area contributed by atoms with E-state index in [2.05, 4.69) is 4.90 Å². The van der Waals surface area contributed by atoms with E-state index in [1.165, 1.54) is 24.2 Å². The van der Waals surface area contributed by atoms with E-state index in [0.29, 0.717) is 19.1 Å². The molecular formula is C9H17BF3N2-. The standard InChI is InChI=1S/C9H17BF3N2/c11-10(12,13)8-14-6-9(7-14)15-4-2-1-3-5-15/h9H,1-8H2/q-1. The molecule has 2 nitrogen and oxygen atoms in total. The average molecular weight is 221 g/mol. The smallest absolute Gasteiger partial charge is 0.448 e. The van der Waals surface area contributed by atoms with Gasteiger partial charge in [-0.1, -0.05) is 6.42 Å². The summed E-state index contributed by atoms with van der Waals surface area (Å²) in [6, 6.07) is 0.392. The molecule has 15 heavy (non-hydrogen) atoms. The molecule has 88 valence electrons. The summed E-state index contributed by atoms with van der Waals surface area (Å²) >= 11 is 0. The molecule has 0 N–H and O–H groups in total. The Kier molecular flexibility index (Phi) is 3.26. The van der Waals surface area contributed by atoms with E-state index >= 15 is 0 Å². The van der Waals surface area contributed by atoms with Gasteiger partial charge >= 0.3 is 6.98 Å². The minimum atomic E-state index is -4.63. The van der Waals surface area contributed by atoms with Crippen LogP contribution in [0.15, 0.2) is 0 Å². The van der Waals surface area contributed by atoms with Crippen molar-refractivity contribution >= 4 is 6.98 Å². The van der Waals surface area contributed by atoms with Crippen molar-refractivity contribution < 1.29 is 12.9 Å². The van der Waals surface area contributed by atoms with Gasteiger partial charge in [-0.25, -0.2) is 0 Å². The van der Waals surface area contributed by atoms with Crippen LogP contribution in [0.2, 0.25) is 0 Å². The van der Waals surface area contributed by atoms with E-state index in [0.717, 1.165) is 13.1 Å². The van der Waals surface area contributed by atoms with Crippen molar-refractivity contribution in [2.75, 3.05) is 32.6 Å². The Morgan fingerprint density at radius 3 is 2.13 bits per heavy atom. The van der Waals surface area contributed by atoms with Crippen molar-refractivity contribution in [1.82, 2.24) is 9.80 Å². The molecule has 0 aromatic carbocycles. The first kappa shape index (κ1) is 11.3. The zero-order valence-corrected chi connectivity index (χ0v) is 8.84. The van der Waals surface area contributed by atoms with Gasteiger partial charge in [0.15, 0.2) is 0 Å². The summed E-state index contributed by atoms with van der Waals surface area (Å²) in [5.74, 6) is 0. The molecule has 0 aliphatic carbocycles. The second kappa shape index (κ2) is 4.33. The lowest BCUT2D eigenvalue weighted by Gasteiger charge is -2.48. The van der Waals surface area contributed by atoms with E-state index in [9.17, 15) is 12.9 Å². The number of halogens is 3. The molecule has 2 fully saturated rings. The van der Waals surface area contributed by atoms with Gasteiger partial charge in [-0.2, -0.15) is 0 Å². The van der Waals surface area contributed by atoms with Gasteiger partial charge in [-0.3, -0.25) is 4.90 Å². The van der Waals surface area contributed by atoms with Gasteiger partial charge in [-0.05, 0) is 32.4 Å². The molecule has 0 amide bonds. The van der Waals surface area contributed by atoms with Gasteiger partial charge < -0.3 is 17.8 Å². The van der Waals surface area contributed by atoms with Crippen LogP contribution in [-0.4, -0.2) is 55.4 Å². The molecule has 0 atom stereocenters. The number of nitrogens with zero attached hydrogens (tertiary/aromatic N) is 2. The molecular weight excluding hydrogens is 204 g/mol. The third-order valence-electron chi connectivity index (χ3n) is 3.31. The highest BCUT2D eigenvalue weighted by Gasteiger charge is 2.36. The molecule has 0 saturated carbocycles. The second-order valence-corrected chi connectivity index (χ2v) is 4.68. The first-order valence-electron chi connectivity index (χ1n) is 5.72. The Bertz CT molecular complexity index is 210. The van der Waals surface area contributed by atoms with Crippen molar-refractivity contribution in [2.45, 2.75) is 25.3 Å². The maximum Gasteiger partial charge on any atom is 0.492 e. The van der Waals surface area contributed by atoms with E-state index in [1.54, 1.807) is 0 Å². The SMILES string of the molecule is F[B-](F)(F)CN1CC(N2CCCCC2)C1.